The molecule has 7 nitrogen and oxygen atoms in total. The second-order valence-electron chi connectivity index (χ2n) is 5.02. The minimum Gasteiger partial charge on any atom is -0.351 e. The van der Waals surface area contributed by atoms with E-state index < -0.39 is 6.04 Å². The normalized spacial score (nSPS) is 17.8. The molecule has 0 bridgehead atoms. The number of rotatable bonds is 5. The summed E-state index contributed by atoms with van der Waals surface area (Å²) in [6.07, 6.45) is 1.10. The van der Waals surface area contributed by atoms with E-state index in [1.54, 1.807) is 17.7 Å². The molecule has 1 aliphatic rings. The van der Waals surface area contributed by atoms with Crippen LogP contribution in [0.2, 0.25) is 0 Å². The highest BCUT2D eigenvalue weighted by Gasteiger charge is 2.34. The van der Waals surface area contributed by atoms with E-state index in [1.165, 1.54) is 7.05 Å². The first kappa shape index (κ1) is 17.0. The van der Waals surface area contributed by atoms with Crippen molar-refractivity contribution < 1.29 is 14.4 Å². The number of imide groups is 1. The summed E-state index contributed by atoms with van der Waals surface area (Å²) in [4.78, 5) is 36.1. The number of carbonyl (C=O) groups excluding carboxylic acids is 3. The van der Waals surface area contributed by atoms with E-state index in [0.29, 0.717) is 25.1 Å². The molecule has 9 heteroatoms. The molecule has 1 fully saturated rings. The van der Waals surface area contributed by atoms with Gasteiger partial charge in [0.25, 0.3) is 11.8 Å². The van der Waals surface area contributed by atoms with Crippen molar-refractivity contribution in [1.29, 1.82) is 0 Å². The largest absolute Gasteiger partial charge is 0.351 e. The average molecular weight is 436 g/mol. The van der Waals surface area contributed by atoms with Crippen molar-refractivity contribution in [1.82, 2.24) is 20.1 Å². The van der Waals surface area contributed by atoms with Gasteiger partial charge < -0.3 is 15.2 Å². The number of nitrogens with zero attached hydrogens (tertiary/aromatic N) is 2. The molecule has 1 saturated heterocycles. The van der Waals surface area contributed by atoms with Gasteiger partial charge in [-0.1, -0.05) is 0 Å². The molecule has 0 spiro atoms. The van der Waals surface area contributed by atoms with Crippen LogP contribution in [-0.2, 0) is 11.8 Å². The lowest BCUT2D eigenvalue weighted by Gasteiger charge is -2.09. The van der Waals surface area contributed by atoms with Crippen LogP contribution in [0.15, 0.2) is 15.1 Å². The number of urea groups is 1. The van der Waals surface area contributed by atoms with E-state index >= 15 is 0 Å². The molecule has 0 aromatic carbocycles. The molecule has 2 rings (SSSR count). The Balaban J connectivity index is 1.79. The third kappa shape index (κ3) is 3.35. The quantitative estimate of drug-likeness (QED) is 0.544. The zero-order chi connectivity index (χ0) is 16.4. The molecule has 1 aromatic heterocycles. The molecule has 4 amide bonds. The van der Waals surface area contributed by atoms with Gasteiger partial charge in [-0.3, -0.25) is 14.5 Å². The Morgan fingerprint density at radius 3 is 2.55 bits per heavy atom. The summed E-state index contributed by atoms with van der Waals surface area (Å²) in [5.41, 5.74) is 0.531. The predicted octanol–water partition coefficient (Wildman–Crippen LogP) is 1.61. The molecule has 1 atom stereocenters. The third-order valence-corrected chi connectivity index (χ3v) is 5.63. The number of nitrogens with one attached hydrogen (secondary N) is 2. The van der Waals surface area contributed by atoms with Gasteiger partial charge in [0.2, 0.25) is 0 Å². The molecule has 120 valence electrons. The van der Waals surface area contributed by atoms with Gasteiger partial charge in [-0.25, -0.2) is 4.79 Å². The number of amides is 4. The van der Waals surface area contributed by atoms with Crippen molar-refractivity contribution >= 4 is 49.7 Å². The molecule has 22 heavy (non-hydrogen) atoms. The van der Waals surface area contributed by atoms with Crippen LogP contribution in [-0.4, -0.2) is 46.9 Å². The van der Waals surface area contributed by atoms with Crippen LogP contribution in [0.5, 0.6) is 0 Å². The van der Waals surface area contributed by atoms with Crippen LogP contribution in [0, 0.1) is 0 Å². The minimum atomic E-state index is -0.493. The number of hydrogen-bond donors (Lipinski definition) is 2. The van der Waals surface area contributed by atoms with Gasteiger partial charge in [0.1, 0.15) is 11.7 Å². The average Bonchev–Trinajstić information content (AvgIpc) is 2.88. The third-order valence-electron chi connectivity index (χ3n) is 3.54. The van der Waals surface area contributed by atoms with Gasteiger partial charge in [0, 0.05) is 20.6 Å². The van der Waals surface area contributed by atoms with Gasteiger partial charge in [0.15, 0.2) is 0 Å². The summed E-state index contributed by atoms with van der Waals surface area (Å²) < 4.78 is 3.33. The molecule has 1 aliphatic heterocycles. The van der Waals surface area contributed by atoms with Crippen LogP contribution in [0.1, 0.15) is 23.3 Å². The first-order valence-electron chi connectivity index (χ1n) is 6.70. The van der Waals surface area contributed by atoms with Gasteiger partial charge in [0.05, 0.1) is 9.08 Å². The monoisotopic (exact) mass is 434 g/mol. The second kappa shape index (κ2) is 6.82. The Morgan fingerprint density at radius 2 is 2.05 bits per heavy atom. The van der Waals surface area contributed by atoms with Crippen LogP contribution in [0.4, 0.5) is 4.79 Å². The minimum absolute atomic E-state index is 0.187. The highest BCUT2D eigenvalue weighted by atomic mass is 79.9. The summed E-state index contributed by atoms with van der Waals surface area (Å²) in [6.45, 7) is 0.433. The van der Waals surface area contributed by atoms with Gasteiger partial charge in [-0.05, 0) is 50.8 Å². The van der Waals surface area contributed by atoms with Crippen molar-refractivity contribution in [2.45, 2.75) is 18.9 Å². The molecule has 0 radical (unpaired) electrons. The molecule has 0 aliphatic carbocycles. The zero-order valence-electron chi connectivity index (χ0n) is 12.2. The Bertz CT molecular complexity index is 629. The standard InChI is InChI=1S/C13H16Br2N4O3/c1-18-9(6-7(14)10(18)15)11(20)16-5-3-4-8-12(21)19(2)13(22)17-8/h6,8H,3-5H2,1-2H3,(H,16,20)(H,17,22)/t8-/m0/s1. The Morgan fingerprint density at radius 1 is 1.36 bits per heavy atom. The summed E-state index contributed by atoms with van der Waals surface area (Å²) in [7, 11) is 3.23. The van der Waals surface area contributed by atoms with Crippen molar-refractivity contribution in [2.24, 2.45) is 7.05 Å². The van der Waals surface area contributed by atoms with E-state index in [-0.39, 0.29) is 17.8 Å². The van der Waals surface area contributed by atoms with Crippen LogP contribution >= 0.6 is 31.9 Å². The summed E-state index contributed by atoms with van der Waals surface area (Å²) in [5.74, 6) is -0.417. The first-order chi connectivity index (χ1) is 10.3. The zero-order valence-corrected chi connectivity index (χ0v) is 15.3. The number of aromatic nitrogens is 1. The molecule has 2 heterocycles. The first-order valence-corrected chi connectivity index (χ1v) is 8.28. The second-order valence-corrected chi connectivity index (χ2v) is 6.63. The molecule has 2 N–H and O–H groups in total. The van der Waals surface area contributed by atoms with Gasteiger partial charge >= 0.3 is 6.03 Å². The maximum absolute atomic E-state index is 12.1. The molecule has 0 saturated carbocycles. The Labute approximate surface area is 144 Å². The summed E-state index contributed by atoms with van der Waals surface area (Å²) in [5, 5.41) is 5.40. The lowest BCUT2D eigenvalue weighted by Crippen LogP contribution is -2.31. The predicted molar refractivity (Wildman–Crippen MR) is 87.5 cm³/mol. The Kier molecular flexibility index (Phi) is 5.28. The summed E-state index contributed by atoms with van der Waals surface area (Å²) in [6, 6.07) is 0.861. The lowest BCUT2D eigenvalue weighted by molar-refractivity contribution is -0.126. The van der Waals surface area contributed by atoms with Crippen molar-refractivity contribution in [2.75, 3.05) is 13.6 Å². The topological polar surface area (TPSA) is 83.4 Å². The van der Waals surface area contributed by atoms with Crippen molar-refractivity contribution in [3.05, 3.63) is 20.8 Å². The van der Waals surface area contributed by atoms with Crippen molar-refractivity contribution in [3.63, 3.8) is 0 Å². The van der Waals surface area contributed by atoms with Crippen LogP contribution in [0.25, 0.3) is 0 Å². The van der Waals surface area contributed by atoms with E-state index in [1.807, 2.05) is 0 Å². The number of hydrogen-bond acceptors (Lipinski definition) is 3. The molecule has 0 unspecified atom stereocenters. The van der Waals surface area contributed by atoms with E-state index in [0.717, 1.165) is 14.0 Å². The number of carbonyl (C=O) groups is 3. The van der Waals surface area contributed by atoms with Gasteiger partial charge in [-0.2, -0.15) is 0 Å². The smallest absolute Gasteiger partial charge is 0.324 e. The maximum Gasteiger partial charge on any atom is 0.324 e. The highest BCUT2D eigenvalue weighted by molar-refractivity contribution is 9.13. The van der Waals surface area contributed by atoms with E-state index in [4.69, 9.17) is 0 Å². The fourth-order valence-electron chi connectivity index (χ4n) is 2.20. The maximum atomic E-state index is 12.1. The van der Waals surface area contributed by atoms with Crippen molar-refractivity contribution in [3.8, 4) is 0 Å². The molecule has 1 aromatic rings. The Hall–Kier alpha value is -1.35. The van der Waals surface area contributed by atoms with Crippen LogP contribution in [0.3, 0.4) is 0 Å². The fraction of sp³-hybridized carbons (Fsp3) is 0.462. The summed E-state index contributed by atoms with van der Waals surface area (Å²) >= 11 is 6.72. The van der Waals surface area contributed by atoms with Crippen LogP contribution < -0.4 is 10.6 Å². The van der Waals surface area contributed by atoms with E-state index in [2.05, 4.69) is 42.5 Å². The fourth-order valence-corrected chi connectivity index (χ4v) is 2.98. The lowest BCUT2D eigenvalue weighted by atomic mass is 10.1. The number of likely N-dealkylation sites (N-methyl/N-ethyl adjacent to an activating group) is 1. The van der Waals surface area contributed by atoms with Gasteiger partial charge in [-0.15, -0.1) is 0 Å². The molecular weight excluding hydrogens is 420 g/mol. The van der Waals surface area contributed by atoms with E-state index in [9.17, 15) is 14.4 Å². The highest BCUT2D eigenvalue weighted by Crippen LogP contribution is 2.26. The number of halogens is 2. The molecular formula is C13H16Br2N4O3. The SMILES string of the molecule is CN1C(=O)N[C@@H](CCCNC(=O)c2cc(Br)c(Br)n2C)C1=O.